The number of alkyl halides is 1. The molecule has 0 unspecified atom stereocenters. The molecule has 1 saturated heterocycles. The van der Waals surface area contributed by atoms with E-state index in [-0.39, 0.29) is 17.7 Å². The summed E-state index contributed by atoms with van der Waals surface area (Å²) < 4.78 is 5.05. The van der Waals surface area contributed by atoms with Gasteiger partial charge in [0.05, 0.1) is 17.9 Å². The minimum atomic E-state index is -0.321. The van der Waals surface area contributed by atoms with Crippen molar-refractivity contribution in [2.75, 3.05) is 18.1 Å². The summed E-state index contributed by atoms with van der Waals surface area (Å²) in [4.78, 5) is 5.38. The number of hydrogen-bond acceptors (Lipinski definition) is 5. The van der Waals surface area contributed by atoms with Crippen molar-refractivity contribution in [1.29, 1.82) is 0 Å². The van der Waals surface area contributed by atoms with E-state index in [2.05, 4.69) is 15.3 Å². The van der Waals surface area contributed by atoms with Crippen LogP contribution in [0.25, 0.3) is 0 Å². The molecule has 6 nitrogen and oxygen atoms in total. The summed E-state index contributed by atoms with van der Waals surface area (Å²) in [6.45, 7) is 3.20. The van der Waals surface area contributed by atoms with Crippen molar-refractivity contribution in [2.45, 2.75) is 32.1 Å². The number of hydrogen-bond donors (Lipinski definition) is 0. The first kappa shape index (κ1) is 12.2. The molecular weight excluding hydrogens is 244 g/mol. The number of aromatic nitrogens is 2. The van der Waals surface area contributed by atoms with Crippen LogP contribution in [0.4, 0.5) is 5.88 Å². The zero-order valence-electron chi connectivity index (χ0n) is 9.73. The molecule has 94 valence electrons. The molecule has 0 N–H and O–H groups in total. The summed E-state index contributed by atoms with van der Waals surface area (Å²) in [5.74, 6) is 0.0999. The van der Waals surface area contributed by atoms with Gasteiger partial charge < -0.3 is 5.11 Å². The van der Waals surface area contributed by atoms with E-state index in [1.54, 1.807) is 4.79 Å². The van der Waals surface area contributed by atoms with Crippen LogP contribution in [0.3, 0.4) is 0 Å². The van der Waals surface area contributed by atoms with Gasteiger partial charge in [0, 0.05) is 0 Å². The van der Waals surface area contributed by atoms with Gasteiger partial charge in [0.2, 0.25) is 5.27 Å². The Morgan fingerprint density at radius 1 is 1.53 bits per heavy atom. The first-order chi connectivity index (χ1) is 8.22. The number of rotatable bonds is 3. The lowest BCUT2D eigenvalue weighted by atomic mass is 10.2. The highest BCUT2D eigenvalue weighted by atomic mass is 35.5. The third kappa shape index (κ3) is 2.69. The van der Waals surface area contributed by atoms with Gasteiger partial charge in [-0.15, -0.1) is 11.6 Å². The highest BCUT2D eigenvalue weighted by molar-refractivity contribution is 6.17. The van der Waals surface area contributed by atoms with Crippen LogP contribution < -0.4 is 14.9 Å². The van der Waals surface area contributed by atoms with Crippen LogP contribution >= 0.6 is 11.6 Å². The van der Waals surface area contributed by atoms with Gasteiger partial charge in [0.25, 0.3) is 0 Å². The second-order valence-electron chi connectivity index (χ2n) is 3.99. The lowest BCUT2D eigenvalue weighted by molar-refractivity contribution is -0.764. The monoisotopic (exact) mass is 258 g/mol. The van der Waals surface area contributed by atoms with Crippen LogP contribution in [-0.4, -0.2) is 24.3 Å². The molecule has 0 spiro atoms. The Labute approximate surface area is 104 Å². The Morgan fingerprint density at radius 2 is 2.24 bits per heavy atom. The summed E-state index contributed by atoms with van der Waals surface area (Å²) in [7, 11) is 0. The molecule has 2 heterocycles. The quantitative estimate of drug-likeness (QED) is 0.337. The first-order valence-corrected chi connectivity index (χ1v) is 6.20. The van der Waals surface area contributed by atoms with Crippen molar-refractivity contribution < 1.29 is 14.4 Å². The minimum absolute atomic E-state index is 0.207. The molecule has 0 aliphatic carbocycles. The Morgan fingerprint density at radius 3 is 2.82 bits per heavy atom. The van der Waals surface area contributed by atoms with E-state index in [1.165, 1.54) is 13.3 Å². The summed E-state index contributed by atoms with van der Waals surface area (Å²) in [6, 6.07) is 0. The fourth-order valence-corrected chi connectivity index (χ4v) is 2.11. The molecule has 17 heavy (non-hydrogen) atoms. The SMILES string of the molecule is C/C([O-])=N\c1on[n+](N2CCCCC2)c1CCl. The molecule has 0 saturated carbocycles. The lowest BCUT2D eigenvalue weighted by Gasteiger charge is -2.18. The van der Waals surface area contributed by atoms with Gasteiger partial charge in [-0.3, -0.25) is 4.52 Å². The smallest absolute Gasteiger partial charge is 0.328 e. The van der Waals surface area contributed by atoms with Crippen molar-refractivity contribution in [3.63, 3.8) is 0 Å². The summed E-state index contributed by atoms with van der Waals surface area (Å²) in [5, 5.41) is 16.9. The van der Waals surface area contributed by atoms with E-state index in [9.17, 15) is 5.11 Å². The molecule has 1 aromatic rings. The van der Waals surface area contributed by atoms with Crippen LogP contribution in [0, 0.1) is 0 Å². The molecule has 1 aromatic heterocycles. The maximum atomic E-state index is 10.9. The third-order valence-electron chi connectivity index (χ3n) is 2.68. The number of halogens is 1. The molecule has 0 amide bonds. The van der Waals surface area contributed by atoms with Crippen LogP contribution in [0.2, 0.25) is 0 Å². The zero-order valence-corrected chi connectivity index (χ0v) is 10.5. The molecule has 0 radical (unpaired) electrons. The first-order valence-electron chi connectivity index (χ1n) is 5.66. The maximum Gasteiger partial charge on any atom is 0.328 e. The zero-order chi connectivity index (χ0) is 12.3. The number of piperidine rings is 1. The van der Waals surface area contributed by atoms with Gasteiger partial charge in [-0.25, -0.2) is 4.99 Å². The van der Waals surface area contributed by atoms with E-state index >= 15 is 0 Å². The molecule has 1 fully saturated rings. The minimum Gasteiger partial charge on any atom is -0.862 e. The molecule has 1 aliphatic heterocycles. The van der Waals surface area contributed by atoms with Crippen LogP contribution in [0.15, 0.2) is 9.52 Å². The van der Waals surface area contributed by atoms with Crippen molar-refractivity contribution in [3.05, 3.63) is 5.69 Å². The third-order valence-corrected chi connectivity index (χ3v) is 2.93. The van der Waals surface area contributed by atoms with Crippen molar-refractivity contribution >= 4 is 23.4 Å². The summed E-state index contributed by atoms with van der Waals surface area (Å²) in [5.41, 5.74) is 0.628. The normalized spacial score (nSPS) is 17.5. The van der Waals surface area contributed by atoms with E-state index in [0.717, 1.165) is 25.9 Å². The molecular formula is C10H15ClN4O2. The number of nitrogens with zero attached hydrogens (tertiary/aromatic N) is 4. The Balaban J connectivity index is 2.27. The second-order valence-corrected chi connectivity index (χ2v) is 4.26. The van der Waals surface area contributed by atoms with Gasteiger partial charge in [-0.2, -0.15) is 5.01 Å². The molecule has 2 rings (SSSR count). The van der Waals surface area contributed by atoms with Crippen LogP contribution in [-0.2, 0) is 5.88 Å². The molecule has 7 heteroatoms. The highest BCUT2D eigenvalue weighted by Crippen LogP contribution is 2.17. The topological polar surface area (TPSA) is 68.6 Å². The van der Waals surface area contributed by atoms with Gasteiger partial charge in [0.1, 0.15) is 5.88 Å². The van der Waals surface area contributed by atoms with Crippen molar-refractivity contribution in [1.82, 2.24) is 5.27 Å². The van der Waals surface area contributed by atoms with Gasteiger partial charge in [-0.05, 0) is 32.1 Å². The Kier molecular flexibility index (Phi) is 3.83. The molecule has 1 aliphatic rings. The van der Waals surface area contributed by atoms with E-state index < -0.39 is 0 Å². The van der Waals surface area contributed by atoms with Gasteiger partial charge in [0.15, 0.2) is 0 Å². The predicted octanol–water partition coefficient (Wildman–Crippen LogP) is 0.233. The van der Waals surface area contributed by atoms with Crippen LogP contribution in [0.5, 0.6) is 0 Å². The highest BCUT2D eigenvalue weighted by Gasteiger charge is 2.30. The molecule has 0 atom stereocenters. The Bertz CT molecular complexity index is 408. The average molecular weight is 259 g/mol. The fraction of sp³-hybridized carbons (Fsp3) is 0.700. The average Bonchev–Trinajstić information content (AvgIpc) is 2.72. The van der Waals surface area contributed by atoms with Crippen molar-refractivity contribution in [3.8, 4) is 0 Å². The van der Waals surface area contributed by atoms with Gasteiger partial charge >= 0.3 is 11.6 Å². The maximum absolute atomic E-state index is 10.9. The van der Waals surface area contributed by atoms with Gasteiger partial charge in [-0.1, -0.05) is 0 Å². The summed E-state index contributed by atoms with van der Waals surface area (Å²) >= 11 is 5.86. The van der Waals surface area contributed by atoms with E-state index in [0.29, 0.717) is 5.69 Å². The lowest BCUT2D eigenvalue weighted by Crippen LogP contribution is -2.62. The van der Waals surface area contributed by atoms with Crippen molar-refractivity contribution in [2.24, 2.45) is 4.99 Å². The van der Waals surface area contributed by atoms with E-state index in [4.69, 9.17) is 16.1 Å². The molecule has 0 aromatic carbocycles. The predicted molar refractivity (Wildman–Crippen MR) is 60.8 cm³/mol. The van der Waals surface area contributed by atoms with E-state index in [1.807, 2.05) is 0 Å². The van der Waals surface area contributed by atoms with Crippen LogP contribution in [0.1, 0.15) is 31.9 Å². The Hall–Kier alpha value is -1.30. The summed E-state index contributed by atoms with van der Waals surface area (Å²) in [6.07, 6.45) is 3.48. The standard InChI is InChI=1S/C10H15ClN4O2/c1-8(16)12-10-9(7-11)15(13-17-10)14-5-3-2-4-6-14/h2-7H2,1H3. The second kappa shape index (κ2) is 5.35. The number of aliphatic imine (C=N–C) groups is 1. The largest absolute Gasteiger partial charge is 0.862 e. The molecule has 0 bridgehead atoms. The fourth-order valence-electron chi connectivity index (χ4n) is 1.89.